The van der Waals surface area contributed by atoms with Crippen molar-refractivity contribution in [1.29, 1.82) is 0 Å². The predicted octanol–water partition coefficient (Wildman–Crippen LogP) is 1.96. The second-order valence-electron chi connectivity index (χ2n) is 9.96. The van der Waals surface area contributed by atoms with Crippen molar-refractivity contribution in [3.63, 3.8) is 0 Å². The van der Waals surface area contributed by atoms with E-state index in [0.717, 1.165) is 19.4 Å². The van der Waals surface area contributed by atoms with Gasteiger partial charge in [0.2, 0.25) is 5.91 Å². The SMILES string of the molecule is COC1CCCN(C)CC2(CCN(C(=O)CN(C)C(C)C)CC2)OC(=O)C(C)C(=O)CC1. The van der Waals surface area contributed by atoms with Crippen LogP contribution in [-0.2, 0) is 23.9 Å². The molecule has 1 spiro atoms. The first kappa shape index (κ1) is 26.7. The lowest BCUT2D eigenvalue weighted by Crippen LogP contribution is -2.55. The minimum Gasteiger partial charge on any atom is -0.457 e. The molecule has 2 aliphatic rings. The lowest BCUT2D eigenvalue weighted by atomic mass is 9.89. The number of hydrogen-bond donors (Lipinski definition) is 0. The minimum atomic E-state index is -0.783. The van der Waals surface area contributed by atoms with Crippen molar-refractivity contribution >= 4 is 17.7 Å². The normalized spacial score (nSPS) is 26.6. The van der Waals surface area contributed by atoms with Crippen LogP contribution in [0.4, 0.5) is 0 Å². The highest BCUT2D eigenvalue weighted by atomic mass is 16.6. The molecule has 0 aromatic carbocycles. The van der Waals surface area contributed by atoms with Gasteiger partial charge in [-0.3, -0.25) is 19.3 Å². The number of ketones is 1. The zero-order valence-corrected chi connectivity index (χ0v) is 20.9. The molecule has 0 saturated carbocycles. The highest BCUT2D eigenvalue weighted by molar-refractivity contribution is 5.98. The monoisotopic (exact) mass is 453 g/mol. The number of likely N-dealkylation sites (N-methyl/N-ethyl adjacent to an activating group) is 2. The van der Waals surface area contributed by atoms with Crippen LogP contribution in [0, 0.1) is 5.92 Å². The van der Waals surface area contributed by atoms with E-state index in [1.807, 2.05) is 23.9 Å². The summed E-state index contributed by atoms with van der Waals surface area (Å²) in [7, 11) is 5.67. The molecule has 8 heteroatoms. The predicted molar refractivity (Wildman–Crippen MR) is 123 cm³/mol. The Morgan fingerprint density at radius 2 is 1.88 bits per heavy atom. The summed E-state index contributed by atoms with van der Waals surface area (Å²) in [6.07, 6.45) is 3.99. The number of esters is 1. The topological polar surface area (TPSA) is 79.4 Å². The molecule has 2 heterocycles. The molecular formula is C24H43N3O5. The molecule has 0 radical (unpaired) electrons. The maximum absolute atomic E-state index is 12.9. The number of rotatable bonds is 4. The van der Waals surface area contributed by atoms with E-state index < -0.39 is 17.5 Å². The van der Waals surface area contributed by atoms with Gasteiger partial charge in [-0.25, -0.2) is 0 Å². The summed E-state index contributed by atoms with van der Waals surface area (Å²) in [5.74, 6) is -1.22. The molecule has 2 atom stereocenters. The van der Waals surface area contributed by atoms with Crippen molar-refractivity contribution in [2.24, 2.45) is 5.92 Å². The van der Waals surface area contributed by atoms with Crippen LogP contribution in [0.1, 0.15) is 59.3 Å². The summed E-state index contributed by atoms with van der Waals surface area (Å²) >= 11 is 0. The number of Topliss-reactive ketones (excluding diaryl/α,β-unsaturated/α-hetero) is 1. The van der Waals surface area contributed by atoms with Gasteiger partial charge in [0.1, 0.15) is 17.3 Å². The van der Waals surface area contributed by atoms with E-state index in [1.165, 1.54) is 0 Å². The number of amides is 1. The molecule has 8 nitrogen and oxygen atoms in total. The van der Waals surface area contributed by atoms with Crippen molar-refractivity contribution in [3.8, 4) is 0 Å². The van der Waals surface area contributed by atoms with E-state index in [2.05, 4.69) is 18.7 Å². The first-order chi connectivity index (χ1) is 15.1. The summed E-state index contributed by atoms with van der Waals surface area (Å²) in [5, 5.41) is 0. The first-order valence-electron chi connectivity index (χ1n) is 12.0. The van der Waals surface area contributed by atoms with Gasteiger partial charge in [0.05, 0.1) is 12.6 Å². The smallest absolute Gasteiger partial charge is 0.316 e. The molecule has 2 aliphatic heterocycles. The third-order valence-electron chi connectivity index (χ3n) is 7.12. The van der Waals surface area contributed by atoms with Gasteiger partial charge in [0.25, 0.3) is 0 Å². The number of hydrogen-bond acceptors (Lipinski definition) is 7. The van der Waals surface area contributed by atoms with Crippen LogP contribution in [0.15, 0.2) is 0 Å². The van der Waals surface area contributed by atoms with Crippen LogP contribution in [0.25, 0.3) is 0 Å². The molecule has 0 bridgehead atoms. The summed E-state index contributed by atoms with van der Waals surface area (Å²) < 4.78 is 11.6. The third-order valence-corrected chi connectivity index (χ3v) is 7.12. The maximum atomic E-state index is 12.9. The van der Waals surface area contributed by atoms with Crippen molar-refractivity contribution < 1.29 is 23.9 Å². The van der Waals surface area contributed by atoms with Gasteiger partial charge in [-0.15, -0.1) is 0 Å². The average Bonchev–Trinajstić information content (AvgIpc) is 2.75. The Balaban J connectivity index is 2.10. The standard InChI is InChI=1S/C24H43N3O5/c1-18(2)26(5)16-22(29)27-14-11-24(12-15-27)17-25(4)13-7-8-20(31-6)9-10-21(28)19(3)23(30)32-24/h18-20H,7-17H2,1-6H3. The van der Waals surface area contributed by atoms with Gasteiger partial charge in [-0.05, 0) is 60.7 Å². The summed E-state index contributed by atoms with van der Waals surface area (Å²) in [4.78, 5) is 44.3. The lowest BCUT2D eigenvalue weighted by Gasteiger charge is -2.43. The van der Waals surface area contributed by atoms with Crippen molar-refractivity contribution in [1.82, 2.24) is 14.7 Å². The summed E-state index contributed by atoms with van der Waals surface area (Å²) in [6, 6.07) is 0.303. The molecule has 0 aliphatic carbocycles. The molecule has 1 amide bonds. The van der Waals surface area contributed by atoms with Crippen LogP contribution < -0.4 is 0 Å². The Hall–Kier alpha value is -1.51. The van der Waals surface area contributed by atoms with Crippen LogP contribution >= 0.6 is 0 Å². The van der Waals surface area contributed by atoms with Crippen molar-refractivity contribution in [2.45, 2.75) is 77.0 Å². The van der Waals surface area contributed by atoms with E-state index in [1.54, 1.807) is 14.0 Å². The van der Waals surface area contributed by atoms with Gasteiger partial charge in [-0.1, -0.05) is 0 Å². The summed E-state index contributed by atoms with van der Waals surface area (Å²) in [5.41, 5.74) is -0.671. The quantitative estimate of drug-likeness (QED) is 0.476. The van der Waals surface area contributed by atoms with Crippen molar-refractivity contribution in [3.05, 3.63) is 0 Å². The lowest BCUT2D eigenvalue weighted by molar-refractivity contribution is -0.173. The van der Waals surface area contributed by atoms with Gasteiger partial charge in [0.15, 0.2) is 0 Å². The van der Waals surface area contributed by atoms with Gasteiger partial charge in [-0.2, -0.15) is 0 Å². The molecule has 184 valence electrons. The molecular weight excluding hydrogens is 410 g/mol. The molecule has 2 unspecified atom stereocenters. The highest BCUT2D eigenvalue weighted by Gasteiger charge is 2.42. The zero-order chi connectivity index (χ0) is 23.9. The second-order valence-corrected chi connectivity index (χ2v) is 9.96. The van der Waals surface area contributed by atoms with Gasteiger partial charge >= 0.3 is 5.97 Å². The molecule has 2 fully saturated rings. The van der Waals surface area contributed by atoms with E-state index in [-0.39, 0.29) is 17.8 Å². The van der Waals surface area contributed by atoms with E-state index in [0.29, 0.717) is 57.9 Å². The Morgan fingerprint density at radius 3 is 2.47 bits per heavy atom. The maximum Gasteiger partial charge on any atom is 0.316 e. The molecule has 32 heavy (non-hydrogen) atoms. The van der Waals surface area contributed by atoms with Crippen molar-refractivity contribution in [2.75, 3.05) is 53.9 Å². The van der Waals surface area contributed by atoms with E-state index in [9.17, 15) is 14.4 Å². The van der Waals surface area contributed by atoms with Crippen LogP contribution in [0.5, 0.6) is 0 Å². The fraction of sp³-hybridized carbons (Fsp3) is 0.875. The molecule has 0 N–H and O–H groups in total. The second kappa shape index (κ2) is 12.1. The number of likely N-dealkylation sites (tertiary alicyclic amines) is 1. The number of ether oxygens (including phenoxy) is 2. The summed E-state index contributed by atoms with van der Waals surface area (Å²) in [6.45, 7) is 8.74. The number of piperidine rings is 1. The Bertz CT molecular complexity index is 646. The minimum absolute atomic E-state index is 0.0310. The fourth-order valence-corrected chi connectivity index (χ4v) is 4.44. The molecule has 2 saturated heterocycles. The number of nitrogens with zero attached hydrogens (tertiary/aromatic N) is 3. The van der Waals surface area contributed by atoms with Crippen LogP contribution in [-0.4, -0.2) is 104 Å². The molecule has 2 rings (SSSR count). The first-order valence-corrected chi connectivity index (χ1v) is 12.0. The largest absolute Gasteiger partial charge is 0.457 e. The van der Waals surface area contributed by atoms with Gasteiger partial charge in [0, 0.05) is 52.0 Å². The average molecular weight is 454 g/mol. The third kappa shape index (κ3) is 7.52. The Kier molecular flexibility index (Phi) is 10.1. The Morgan fingerprint density at radius 1 is 1.22 bits per heavy atom. The fourth-order valence-electron chi connectivity index (χ4n) is 4.44. The van der Waals surface area contributed by atoms with Gasteiger partial charge < -0.3 is 19.3 Å². The van der Waals surface area contributed by atoms with Crippen LogP contribution in [0.2, 0.25) is 0 Å². The number of carbonyl (C=O) groups is 3. The van der Waals surface area contributed by atoms with Crippen LogP contribution in [0.3, 0.4) is 0 Å². The molecule has 0 aromatic heterocycles. The number of carbonyl (C=O) groups excluding carboxylic acids is 3. The highest BCUT2D eigenvalue weighted by Crippen LogP contribution is 2.30. The molecule has 0 aromatic rings. The zero-order valence-electron chi connectivity index (χ0n) is 20.9. The van der Waals surface area contributed by atoms with E-state index in [4.69, 9.17) is 9.47 Å². The Labute approximate surface area is 193 Å². The van der Waals surface area contributed by atoms with E-state index >= 15 is 0 Å². The number of methoxy groups -OCH3 is 1.